The minimum Gasteiger partial charge on any atom is -0.381 e. The molecule has 100 valence electrons. The summed E-state index contributed by atoms with van der Waals surface area (Å²) in [5.41, 5.74) is 5.13. The van der Waals surface area contributed by atoms with Gasteiger partial charge >= 0.3 is 0 Å². The molecule has 0 fully saturated rings. The van der Waals surface area contributed by atoms with Crippen LogP contribution in [-0.2, 0) is 6.42 Å². The third-order valence-corrected chi connectivity index (χ3v) is 3.83. The molecule has 0 bridgehead atoms. The zero-order valence-corrected chi connectivity index (χ0v) is 13.3. The summed E-state index contributed by atoms with van der Waals surface area (Å²) >= 11 is 3.65. The summed E-state index contributed by atoms with van der Waals surface area (Å²) < 4.78 is 1.14. The van der Waals surface area contributed by atoms with E-state index in [1.165, 1.54) is 22.4 Å². The van der Waals surface area contributed by atoms with Gasteiger partial charge in [-0.15, -0.1) is 0 Å². The topological polar surface area (TPSA) is 12.0 Å². The fourth-order valence-corrected chi connectivity index (χ4v) is 3.15. The second kappa shape index (κ2) is 6.25. The zero-order valence-electron chi connectivity index (χ0n) is 11.7. The van der Waals surface area contributed by atoms with Gasteiger partial charge in [0.2, 0.25) is 0 Å². The highest BCUT2D eigenvalue weighted by atomic mass is 79.9. The van der Waals surface area contributed by atoms with Crippen LogP contribution in [0.1, 0.15) is 23.6 Å². The Hall–Kier alpha value is -1.28. The molecule has 0 aliphatic rings. The van der Waals surface area contributed by atoms with Gasteiger partial charge in [-0.3, -0.25) is 0 Å². The van der Waals surface area contributed by atoms with Crippen molar-refractivity contribution in [3.63, 3.8) is 0 Å². The number of benzene rings is 2. The molecule has 0 amide bonds. The summed E-state index contributed by atoms with van der Waals surface area (Å²) in [6.07, 6.45) is 1.03. The maximum Gasteiger partial charge on any atom is 0.0516 e. The van der Waals surface area contributed by atoms with Crippen molar-refractivity contribution < 1.29 is 0 Å². The summed E-state index contributed by atoms with van der Waals surface area (Å²) in [6.45, 7) is 6.49. The minimum absolute atomic E-state index is 0.403. The Morgan fingerprint density at radius 3 is 2.42 bits per heavy atom. The van der Waals surface area contributed by atoms with E-state index >= 15 is 0 Å². The monoisotopic (exact) mass is 317 g/mol. The molecule has 2 heteroatoms. The molecular weight excluding hydrogens is 298 g/mol. The fraction of sp³-hybridized carbons (Fsp3) is 0.294. The molecule has 0 aromatic heterocycles. The molecule has 0 aliphatic heterocycles. The van der Waals surface area contributed by atoms with Gasteiger partial charge in [-0.1, -0.05) is 36.4 Å². The summed E-state index contributed by atoms with van der Waals surface area (Å²) in [7, 11) is 0. The molecule has 0 heterocycles. The summed E-state index contributed by atoms with van der Waals surface area (Å²) in [6, 6.07) is 15.4. The zero-order chi connectivity index (χ0) is 13.8. The van der Waals surface area contributed by atoms with Gasteiger partial charge in [-0.05, 0) is 65.9 Å². The summed E-state index contributed by atoms with van der Waals surface area (Å²) in [4.78, 5) is 0. The molecule has 1 atom stereocenters. The van der Waals surface area contributed by atoms with Gasteiger partial charge in [0, 0.05) is 10.5 Å². The van der Waals surface area contributed by atoms with E-state index in [4.69, 9.17) is 0 Å². The van der Waals surface area contributed by atoms with E-state index in [0.717, 1.165) is 10.9 Å². The lowest BCUT2D eigenvalue weighted by molar-refractivity contribution is 0.788. The van der Waals surface area contributed by atoms with E-state index in [-0.39, 0.29) is 0 Å². The average Bonchev–Trinajstić information content (AvgIpc) is 2.35. The lowest BCUT2D eigenvalue weighted by Crippen LogP contribution is -2.19. The molecule has 1 unspecified atom stereocenters. The Morgan fingerprint density at radius 1 is 1.11 bits per heavy atom. The third kappa shape index (κ3) is 3.84. The van der Waals surface area contributed by atoms with Crippen LogP contribution in [0.15, 0.2) is 46.9 Å². The van der Waals surface area contributed by atoms with Crippen molar-refractivity contribution in [3.05, 3.63) is 63.6 Å². The second-order valence-electron chi connectivity index (χ2n) is 5.17. The van der Waals surface area contributed by atoms with Crippen molar-refractivity contribution in [2.24, 2.45) is 0 Å². The van der Waals surface area contributed by atoms with Crippen molar-refractivity contribution in [1.29, 1.82) is 0 Å². The van der Waals surface area contributed by atoms with Crippen molar-refractivity contribution in [2.45, 2.75) is 33.2 Å². The van der Waals surface area contributed by atoms with Crippen LogP contribution in [-0.4, -0.2) is 6.04 Å². The molecule has 0 saturated heterocycles. The number of nitrogens with one attached hydrogen (secondary N) is 1. The number of aryl methyl sites for hydroxylation is 2. The van der Waals surface area contributed by atoms with E-state index in [9.17, 15) is 0 Å². The van der Waals surface area contributed by atoms with Gasteiger partial charge in [0.05, 0.1) is 5.69 Å². The van der Waals surface area contributed by atoms with E-state index < -0.39 is 0 Å². The van der Waals surface area contributed by atoms with Gasteiger partial charge in [0.25, 0.3) is 0 Å². The van der Waals surface area contributed by atoms with E-state index in [2.05, 4.69) is 84.5 Å². The third-order valence-electron chi connectivity index (χ3n) is 3.21. The maximum atomic E-state index is 3.65. The van der Waals surface area contributed by atoms with E-state index in [1.54, 1.807) is 0 Å². The molecule has 1 nitrogen and oxygen atoms in total. The molecule has 2 aromatic rings. The molecule has 0 spiro atoms. The highest BCUT2D eigenvalue weighted by molar-refractivity contribution is 9.10. The van der Waals surface area contributed by atoms with E-state index in [0.29, 0.717) is 6.04 Å². The van der Waals surface area contributed by atoms with Crippen LogP contribution in [0.5, 0.6) is 0 Å². The van der Waals surface area contributed by atoms with Gasteiger partial charge in [0.1, 0.15) is 0 Å². The van der Waals surface area contributed by atoms with Crippen LogP contribution < -0.4 is 5.32 Å². The molecular formula is C17H20BrN. The quantitative estimate of drug-likeness (QED) is 0.826. The first-order valence-electron chi connectivity index (χ1n) is 6.63. The number of hydrogen-bond acceptors (Lipinski definition) is 1. The second-order valence-corrected chi connectivity index (χ2v) is 6.03. The predicted octanol–water partition coefficient (Wildman–Crippen LogP) is 5.11. The first kappa shape index (κ1) is 14.1. The van der Waals surface area contributed by atoms with Crippen molar-refractivity contribution in [1.82, 2.24) is 0 Å². The van der Waals surface area contributed by atoms with Crippen molar-refractivity contribution in [3.8, 4) is 0 Å². The lowest BCUT2D eigenvalue weighted by Gasteiger charge is -2.19. The Bertz CT molecular complexity index is 525. The first-order chi connectivity index (χ1) is 9.06. The smallest absolute Gasteiger partial charge is 0.0516 e. The van der Waals surface area contributed by atoms with Crippen LogP contribution >= 0.6 is 15.9 Å². The molecule has 19 heavy (non-hydrogen) atoms. The average molecular weight is 318 g/mol. The van der Waals surface area contributed by atoms with E-state index in [1.807, 2.05) is 0 Å². The van der Waals surface area contributed by atoms with Crippen molar-refractivity contribution >= 4 is 21.6 Å². The number of halogens is 1. The Balaban J connectivity index is 2.09. The van der Waals surface area contributed by atoms with Crippen LogP contribution in [0.3, 0.4) is 0 Å². The number of rotatable bonds is 4. The molecule has 0 aliphatic carbocycles. The summed E-state index contributed by atoms with van der Waals surface area (Å²) in [5.74, 6) is 0. The van der Waals surface area contributed by atoms with Crippen molar-refractivity contribution in [2.75, 3.05) is 5.32 Å². The maximum absolute atomic E-state index is 3.65. The molecule has 2 rings (SSSR count). The van der Waals surface area contributed by atoms with Crippen LogP contribution in [0.4, 0.5) is 5.69 Å². The minimum atomic E-state index is 0.403. The SMILES string of the molecule is Cc1cc(C)c(NC(C)Cc2ccccc2)c(Br)c1. The Kier molecular flexibility index (Phi) is 4.65. The Morgan fingerprint density at radius 2 is 1.79 bits per heavy atom. The van der Waals surface area contributed by atoms with Crippen LogP contribution in [0.25, 0.3) is 0 Å². The highest BCUT2D eigenvalue weighted by Gasteiger charge is 2.09. The summed E-state index contributed by atoms with van der Waals surface area (Å²) in [5, 5.41) is 3.61. The fourth-order valence-electron chi connectivity index (χ4n) is 2.36. The molecule has 2 aromatic carbocycles. The van der Waals surface area contributed by atoms with Gasteiger partial charge in [-0.25, -0.2) is 0 Å². The largest absolute Gasteiger partial charge is 0.381 e. The van der Waals surface area contributed by atoms with Crippen LogP contribution in [0.2, 0.25) is 0 Å². The predicted molar refractivity (Wildman–Crippen MR) is 86.8 cm³/mol. The standard InChI is InChI=1S/C17H20BrN/c1-12-9-13(2)17(16(18)10-12)19-14(3)11-15-7-5-4-6-8-15/h4-10,14,19H,11H2,1-3H3. The molecule has 0 radical (unpaired) electrons. The van der Waals surface area contributed by atoms with Crippen LogP contribution in [0, 0.1) is 13.8 Å². The van der Waals surface area contributed by atoms with Gasteiger partial charge < -0.3 is 5.32 Å². The number of anilines is 1. The first-order valence-corrected chi connectivity index (χ1v) is 7.43. The normalized spacial score (nSPS) is 12.2. The Labute approximate surface area is 124 Å². The molecule has 0 saturated carbocycles. The van der Waals surface area contributed by atoms with Gasteiger partial charge in [-0.2, -0.15) is 0 Å². The lowest BCUT2D eigenvalue weighted by atomic mass is 10.1. The number of hydrogen-bond donors (Lipinski definition) is 1. The highest BCUT2D eigenvalue weighted by Crippen LogP contribution is 2.28. The molecule has 1 N–H and O–H groups in total. The van der Waals surface area contributed by atoms with Gasteiger partial charge in [0.15, 0.2) is 0 Å².